The first kappa shape index (κ1) is 110. The standard InChI is InChI=1S/2C7H12O5.C7H12O4.C6H12O4.2C6H10O4.C6H12O3S.C5H10O3.C4H10O2.C4H10OS/c1-3-10-5-12-7(9)4-11-6(2)8;1-3-10-4-7(9)12-5-11-6(2)8;1-3-7(9)4-10-5-11-6(2)8;1-3-8-4-9-5-10-6(2)7;1-3-9-6(8)4-10-5(2)7;1-3-6(8)10-4-9-5(2)7;1-3-8-4-10-5-9-6(2)7;1-4(6)8-5(2)7-3;2*1-4(5-2)6-3/h2*3-5H2,1-2H3;3-5H2,1-2H3;3-5H2,1-2H3;2*3-4H2,1-2H3;3-5H2,1-2H3;5H,1-3H3;2*4H,1-3H3. The number of esters is 12. The first-order chi connectivity index (χ1) is 44.6. The zero-order valence-corrected chi connectivity index (χ0v) is 61.4. The van der Waals surface area contributed by atoms with E-state index in [9.17, 15) is 62.3 Å². The summed E-state index contributed by atoms with van der Waals surface area (Å²) >= 11 is 3.14. The summed E-state index contributed by atoms with van der Waals surface area (Å²) in [6.07, 6.45) is 2.27. The van der Waals surface area contributed by atoms with Gasteiger partial charge in [-0.1, -0.05) is 25.6 Å². The van der Waals surface area contributed by atoms with E-state index in [1.54, 1.807) is 74.6 Å². The fraction of sp³-hybridized carbons (Fsp3) is 0.776. The topological polar surface area (TPSA) is 425 Å². The first-order valence-electron chi connectivity index (χ1n) is 28.6. The van der Waals surface area contributed by atoms with Crippen LogP contribution in [0.5, 0.6) is 0 Å². The molecule has 0 heterocycles. The van der Waals surface area contributed by atoms with Crippen molar-refractivity contribution in [2.45, 2.75) is 155 Å². The summed E-state index contributed by atoms with van der Waals surface area (Å²) in [5, 5.41) is 0. The molecule has 0 N–H and O–H groups in total. The Morgan fingerprint density at radius 3 is 1.00 bits per heavy atom. The van der Waals surface area contributed by atoms with Gasteiger partial charge in [-0.05, 0) is 61.6 Å². The second-order valence-electron chi connectivity index (χ2n) is 15.6. The largest absolute Gasteiger partial charge is 0.463 e. The number of rotatable bonds is 37. The zero-order valence-electron chi connectivity index (χ0n) is 59.8. The average molecular weight is 1430 g/mol. The van der Waals surface area contributed by atoms with Gasteiger partial charge in [0.05, 0.1) is 18.0 Å². The Kier molecular flexibility index (Phi) is 106. The van der Waals surface area contributed by atoms with E-state index < -0.39 is 54.0 Å². The molecule has 0 aliphatic rings. The van der Waals surface area contributed by atoms with Crippen molar-refractivity contribution in [1.82, 2.24) is 0 Å². The van der Waals surface area contributed by atoms with E-state index in [-0.39, 0.29) is 103 Å². The molecular formula is C58H110O35S2. The molecule has 0 spiro atoms. The monoisotopic (exact) mass is 1430 g/mol. The summed E-state index contributed by atoms with van der Waals surface area (Å²) in [6.45, 7) is 29.3. The molecule has 0 rings (SSSR count). The predicted molar refractivity (Wildman–Crippen MR) is 339 cm³/mol. The van der Waals surface area contributed by atoms with E-state index in [0.717, 1.165) is 0 Å². The van der Waals surface area contributed by atoms with E-state index in [0.29, 0.717) is 63.2 Å². The molecule has 564 valence electrons. The minimum Gasteiger partial charge on any atom is -0.463 e. The minimum atomic E-state index is -0.612. The second kappa shape index (κ2) is 91.8. The lowest BCUT2D eigenvalue weighted by atomic mass is 10.3. The Labute approximate surface area is 567 Å². The van der Waals surface area contributed by atoms with Gasteiger partial charge in [0, 0.05) is 123 Å². The third-order valence-corrected chi connectivity index (χ3v) is 9.18. The maximum Gasteiger partial charge on any atom is 0.346 e. The number of carbonyl (C=O) groups excluding carboxylic acids is 13. The minimum absolute atomic E-state index is 0.00264. The third kappa shape index (κ3) is 145. The van der Waals surface area contributed by atoms with Crippen LogP contribution in [0.3, 0.4) is 0 Å². The van der Waals surface area contributed by atoms with Crippen LogP contribution in [0.1, 0.15) is 137 Å². The highest BCUT2D eigenvalue weighted by Gasteiger charge is 2.06. The Bertz CT molecular complexity index is 1830. The highest BCUT2D eigenvalue weighted by molar-refractivity contribution is 7.99. The Morgan fingerprint density at radius 1 is 0.305 bits per heavy atom. The number of hydrogen-bond acceptors (Lipinski definition) is 37. The lowest BCUT2D eigenvalue weighted by molar-refractivity contribution is -0.169. The molecule has 95 heavy (non-hydrogen) atoms. The molecule has 2 unspecified atom stereocenters. The van der Waals surface area contributed by atoms with Gasteiger partial charge in [0.15, 0.2) is 58.7 Å². The van der Waals surface area contributed by atoms with Crippen molar-refractivity contribution in [3.63, 3.8) is 0 Å². The summed E-state index contributed by atoms with van der Waals surface area (Å²) < 4.78 is 101. The van der Waals surface area contributed by atoms with Crippen LogP contribution in [0.15, 0.2) is 0 Å². The van der Waals surface area contributed by atoms with Gasteiger partial charge in [-0.3, -0.25) is 47.9 Å². The van der Waals surface area contributed by atoms with Gasteiger partial charge in [0.2, 0.25) is 13.6 Å². The van der Waals surface area contributed by atoms with E-state index in [2.05, 4.69) is 71.1 Å². The Morgan fingerprint density at radius 2 is 0.674 bits per heavy atom. The molecule has 35 nitrogen and oxygen atoms in total. The number of Topliss-reactive ketones (excluding diaryl/α,β-unsaturated/α-hetero) is 1. The number of methoxy groups -OCH3 is 4. The summed E-state index contributed by atoms with van der Waals surface area (Å²) in [7, 11) is 6.40. The summed E-state index contributed by atoms with van der Waals surface area (Å²) in [4.78, 5) is 134. The normalized spacial score (nSPS) is 9.81. The summed E-state index contributed by atoms with van der Waals surface area (Å²) in [6, 6.07) is 0. The molecule has 0 radical (unpaired) electrons. The van der Waals surface area contributed by atoms with Crippen molar-refractivity contribution >= 4 is 101 Å². The van der Waals surface area contributed by atoms with E-state index >= 15 is 0 Å². The fourth-order valence-electron chi connectivity index (χ4n) is 2.90. The van der Waals surface area contributed by atoms with Crippen LogP contribution in [0, 0.1) is 0 Å². The van der Waals surface area contributed by atoms with Gasteiger partial charge in [-0.2, -0.15) is 0 Å². The molecule has 0 aliphatic carbocycles. The molecule has 0 amide bonds. The lowest BCUT2D eigenvalue weighted by Crippen LogP contribution is -2.16. The third-order valence-electron chi connectivity index (χ3n) is 7.70. The summed E-state index contributed by atoms with van der Waals surface area (Å²) in [5.74, 6) is -4.33. The zero-order chi connectivity index (χ0) is 75.6. The van der Waals surface area contributed by atoms with Crippen LogP contribution in [0.2, 0.25) is 0 Å². The second-order valence-corrected chi connectivity index (χ2v) is 17.7. The van der Waals surface area contributed by atoms with Gasteiger partial charge in [0.25, 0.3) is 0 Å². The van der Waals surface area contributed by atoms with Gasteiger partial charge < -0.3 is 104 Å². The van der Waals surface area contributed by atoms with Gasteiger partial charge in [-0.15, -0.1) is 11.8 Å². The smallest absolute Gasteiger partial charge is 0.346 e. The fourth-order valence-corrected chi connectivity index (χ4v) is 3.69. The molecule has 0 saturated heterocycles. The molecular weight excluding hydrogens is 1320 g/mol. The van der Waals surface area contributed by atoms with Gasteiger partial charge in [0.1, 0.15) is 19.2 Å². The molecule has 0 fully saturated rings. The van der Waals surface area contributed by atoms with Crippen LogP contribution in [0.25, 0.3) is 0 Å². The van der Waals surface area contributed by atoms with Crippen molar-refractivity contribution in [1.29, 1.82) is 0 Å². The highest BCUT2D eigenvalue weighted by atomic mass is 32.2. The van der Waals surface area contributed by atoms with Crippen LogP contribution in [-0.4, -0.2) is 242 Å². The van der Waals surface area contributed by atoms with Crippen molar-refractivity contribution in [2.75, 3.05) is 147 Å². The maximum absolute atomic E-state index is 10.6. The van der Waals surface area contributed by atoms with Crippen molar-refractivity contribution in [3.05, 3.63) is 0 Å². The first-order valence-corrected chi connectivity index (χ1v) is 31.0. The molecule has 2 atom stereocenters. The maximum atomic E-state index is 10.6. The number of hydrogen-bond donors (Lipinski definition) is 0. The Hall–Kier alpha value is -6.39. The number of carbonyl (C=O) groups is 13. The molecule has 0 aromatic heterocycles. The van der Waals surface area contributed by atoms with Gasteiger partial charge >= 0.3 is 71.6 Å². The average Bonchev–Trinajstić information content (AvgIpc) is 3.68. The SMILES string of the molecule is CCC(=O)COCOC(C)=O.CCC(=O)OCOC(C)=O.CCOC(=O)COC(C)=O.CCOCC(=O)OCOC(C)=O.CCOCOC(=O)COC(C)=O.CCOCOCOC(C)=O.CCOCSCOC(C)=O.COC(C)OC.COC(C)OC(C)=O.COC(C)SC. The molecule has 0 aliphatic heterocycles. The van der Waals surface area contributed by atoms with Crippen LogP contribution >= 0.6 is 23.5 Å². The quantitative estimate of drug-likeness (QED) is 0.0320. The Balaban J connectivity index is -0.000000106. The molecule has 0 bridgehead atoms. The van der Waals surface area contributed by atoms with Crippen molar-refractivity contribution in [3.8, 4) is 0 Å². The van der Waals surface area contributed by atoms with Crippen LogP contribution < -0.4 is 0 Å². The van der Waals surface area contributed by atoms with E-state index in [4.69, 9.17) is 33.2 Å². The number of ketones is 1. The molecule has 37 heteroatoms. The molecule has 0 saturated carbocycles. The van der Waals surface area contributed by atoms with E-state index in [1.165, 1.54) is 74.3 Å². The number of thioether (sulfide) groups is 2. The van der Waals surface area contributed by atoms with Crippen LogP contribution in [-0.2, 0) is 167 Å². The predicted octanol–water partition coefficient (Wildman–Crippen LogP) is 5.51. The van der Waals surface area contributed by atoms with Crippen molar-refractivity contribution in [2.24, 2.45) is 0 Å². The molecule has 0 aromatic carbocycles. The van der Waals surface area contributed by atoms with Crippen LogP contribution in [0.4, 0.5) is 0 Å². The number of ether oxygens (including phenoxy) is 22. The summed E-state index contributed by atoms with van der Waals surface area (Å²) in [5.41, 5.74) is 0.352. The van der Waals surface area contributed by atoms with Gasteiger partial charge in [-0.25, -0.2) is 14.4 Å². The van der Waals surface area contributed by atoms with Crippen molar-refractivity contribution < 1.29 is 167 Å². The van der Waals surface area contributed by atoms with E-state index in [1.807, 2.05) is 34.0 Å². The highest BCUT2D eigenvalue weighted by Crippen LogP contribution is 2.03. The molecule has 0 aromatic rings. The lowest BCUT2D eigenvalue weighted by Gasteiger charge is -2.07.